The minimum absolute atomic E-state index is 0.449. The molecular formula is C10H5ClF6O2. The summed E-state index contributed by atoms with van der Waals surface area (Å²) in [5.74, 6) is -4.87. The van der Waals surface area contributed by atoms with Gasteiger partial charge in [-0.1, -0.05) is 12.1 Å². The van der Waals surface area contributed by atoms with E-state index in [9.17, 15) is 26.3 Å². The minimum atomic E-state index is -5.46. The molecule has 0 fully saturated rings. The minimum Gasteiger partial charge on any atom is -0.439 e. The molecule has 1 atom stereocenters. The second-order valence-corrected chi connectivity index (χ2v) is 4.16. The van der Waals surface area contributed by atoms with Crippen molar-refractivity contribution in [1.29, 1.82) is 0 Å². The SMILES string of the molecule is FC(F)(F)C(Cl)C1(C(F)(F)F)Oc2ccccc2O1. The summed E-state index contributed by atoms with van der Waals surface area (Å²) >= 11 is 4.90. The van der Waals surface area contributed by atoms with Crippen LogP contribution in [-0.4, -0.2) is 23.5 Å². The number of hydrogen-bond donors (Lipinski definition) is 0. The van der Waals surface area contributed by atoms with Crippen LogP contribution in [0.5, 0.6) is 11.5 Å². The van der Waals surface area contributed by atoms with Crippen molar-refractivity contribution in [3.05, 3.63) is 24.3 Å². The fourth-order valence-corrected chi connectivity index (χ4v) is 1.76. The van der Waals surface area contributed by atoms with Crippen molar-refractivity contribution in [3.8, 4) is 11.5 Å². The van der Waals surface area contributed by atoms with Crippen molar-refractivity contribution in [2.45, 2.75) is 23.5 Å². The van der Waals surface area contributed by atoms with Crippen LogP contribution < -0.4 is 9.47 Å². The third-order valence-electron chi connectivity index (χ3n) is 2.39. The molecule has 1 aliphatic rings. The third-order valence-corrected chi connectivity index (χ3v) is 2.92. The highest BCUT2D eigenvalue weighted by Crippen LogP contribution is 2.52. The van der Waals surface area contributed by atoms with Gasteiger partial charge in [-0.05, 0) is 12.1 Å². The maximum atomic E-state index is 12.9. The molecule has 0 bridgehead atoms. The number of halogens is 7. The molecule has 106 valence electrons. The smallest absolute Gasteiger partial charge is 0.439 e. The second-order valence-electron chi connectivity index (χ2n) is 3.72. The molecule has 1 heterocycles. The molecule has 0 amide bonds. The summed E-state index contributed by atoms with van der Waals surface area (Å²) in [6, 6.07) is 4.71. The van der Waals surface area contributed by atoms with E-state index >= 15 is 0 Å². The standard InChI is InChI=1S/C10H5ClF6O2/c11-7(9(12,13)14)8(10(15,16)17)18-5-3-1-2-4-6(5)19-8/h1-4,7H. The molecule has 19 heavy (non-hydrogen) atoms. The molecule has 1 aliphatic heterocycles. The van der Waals surface area contributed by atoms with Crippen LogP contribution in [0.25, 0.3) is 0 Å². The Balaban J connectivity index is 2.48. The third kappa shape index (κ3) is 2.18. The Labute approximate surface area is 107 Å². The lowest BCUT2D eigenvalue weighted by molar-refractivity contribution is -0.334. The Morgan fingerprint density at radius 3 is 1.68 bits per heavy atom. The number of para-hydroxylation sites is 2. The van der Waals surface area contributed by atoms with E-state index in [-0.39, 0.29) is 0 Å². The van der Waals surface area contributed by atoms with Crippen molar-refractivity contribution in [3.63, 3.8) is 0 Å². The highest BCUT2D eigenvalue weighted by atomic mass is 35.5. The Morgan fingerprint density at radius 2 is 1.37 bits per heavy atom. The number of rotatable bonds is 1. The van der Waals surface area contributed by atoms with E-state index in [1.54, 1.807) is 0 Å². The van der Waals surface area contributed by atoms with Crippen molar-refractivity contribution >= 4 is 11.6 Å². The fourth-order valence-electron chi connectivity index (χ4n) is 1.54. The van der Waals surface area contributed by atoms with E-state index in [0.29, 0.717) is 0 Å². The van der Waals surface area contributed by atoms with E-state index in [2.05, 4.69) is 9.47 Å². The second kappa shape index (κ2) is 4.09. The predicted molar refractivity (Wildman–Crippen MR) is 52.2 cm³/mol. The van der Waals surface area contributed by atoms with Gasteiger partial charge in [-0.3, -0.25) is 0 Å². The Kier molecular flexibility index (Phi) is 3.04. The molecule has 1 unspecified atom stereocenters. The van der Waals surface area contributed by atoms with Gasteiger partial charge in [0.2, 0.25) is 5.38 Å². The number of fused-ring (bicyclic) bond motifs is 1. The van der Waals surface area contributed by atoms with Crippen LogP contribution in [0.2, 0.25) is 0 Å². The van der Waals surface area contributed by atoms with Crippen LogP contribution in [0, 0.1) is 0 Å². The van der Waals surface area contributed by atoms with Gasteiger partial charge in [0.1, 0.15) is 0 Å². The largest absolute Gasteiger partial charge is 0.470 e. The van der Waals surface area contributed by atoms with Gasteiger partial charge in [0.05, 0.1) is 0 Å². The van der Waals surface area contributed by atoms with Crippen LogP contribution in [0.3, 0.4) is 0 Å². The Morgan fingerprint density at radius 1 is 0.947 bits per heavy atom. The molecule has 2 nitrogen and oxygen atoms in total. The first-order chi connectivity index (χ1) is 8.58. The van der Waals surface area contributed by atoms with Gasteiger partial charge in [0.25, 0.3) is 0 Å². The summed E-state index contributed by atoms with van der Waals surface area (Å²) in [7, 11) is 0. The first-order valence-electron chi connectivity index (χ1n) is 4.82. The average molecular weight is 307 g/mol. The molecule has 1 aromatic carbocycles. The Bertz CT molecular complexity index is 459. The first-order valence-corrected chi connectivity index (χ1v) is 5.26. The van der Waals surface area contributed by atoms with Crippen LogP contribution >= 0.6 is 11.6 Å². The topological polar surface area (TPSA) is 18.5 Å². The van der Waals surface area contributed by atoms with Gasteiger partial charge >= 0.3 is 18.1 Å². The summed E-state index contributed by atoms with van der Waals surface area (Å²) in [5, 5.41) is -3.40. The van der Waals surface area contributed by atoms with E-state index in [4.69, 9.17) is 11.6 Å². The van der Waals surface area contributed by atoms with Gasteiger partial charge < -0.3 is 9.47 Å². The first kappa shape index (κ1) is 14.1. The molecule has 9 heteroatoms. The van der Waals surface area contributed by atoms with Crippen LogP contribution in [0.4, 0.5) is 26.3 Å². The van der Waals surface area contributed by atoms with Crippen molar-refractivity contribution in [1.82, 2.24) is 0 Å². The van der Waals surface area contributed by atoms with Crippen molar-refractivity contribution in [2.24, 2.45) is 0 Å². The van der Waals surface area contributed by atoms with Gasteiger partial charge in [0, 0.05) is 0 Å². The summed E-state index contributed by atoms with van der Waals surface area (Å²) < 4.78 is 85.0. The van der Waals surface area contributed by atoms with E-state index in [1.807, 2.05) is 0 Å². The molecule has 0 saturated carbocycles. The maximum absolute atomic E-state index is 12.9. The summed E-state index contributed by atoms with van der Waals surface area (Å²) in [6.45, 7) is 0. The van der Waals surface area contributed by atoms with Gasteiger partial charge in [0.15, 0.2) is 11.5 Å². The zero-order valence-electron chi connectivity index (χ0n) is 8.85. The monoisotopic (exact) mass is 306 g/mol. The predicted octanol–water partition coefficient (Wildman–Crippen LogP) is 3.89. The molecule has 0 spiro atoms. The number of alkyl halides is 7. The zero-order valence-corrected chi connectivity index (χ0v) is 9.60. The van der Waals surface area contributed by atoms with E-state index < -0.39 is 35.0 Å². The quantitative estimate of drug-likeness (QED) is 0.579. The molecule has 1 aromatic rings. The Hall–Kier alpha value is -1.31. The molecule has 0 N–H and O–H groups in total. The highest BCUT2D eigenvalue weighted by Gasteiger charge is 2.74. The van der Waals surface area contributed by atoms with Crippen LogP contribution in [0.1, 0.15) is 0 Å². The van der Waals surface area contributed by atoms with Crippen LogP contribution in [-0.2, 0) is 0 Å². The number of hydrogen-bond acceptors (Lipinski definition) is 2. The molecule has 0 aliphatic carbocycles. The molecule has 0 saturated heterocycles. The molecule has 2 rings (SSSR count). The van der Waals surface area contributed by atoms with Crippen molar-refractivity contribution < 1.29 is 35.8 Å². The molecule has 0 radical (unpaired) electrons. The van der Waals surface area contributed by atoms with Gasteiger partial charge in [-0.15, -0.1) is 11.6 Å². The van der Waals surface area contributed by atoms with Gasteiger partial charge in [-0.2, -0.15) is 26.3 Å². The highest BCUT2D eigenvalue weighted by molar-refractivity contribution is 6.22. The number of ether oxygens (including phenoxy) is 2. The molecule has 0 aromatic heterocycles. The van der Waals surface area contributed by atoms with Crippen LogP contribution in [0.15, 0.2) is 24.3 Å². The summed E-state index contributed by atoms with van der Waals surface area (Å²) in [5.41, 5.74) is 0. The lowest BCUT2D eigenvalue weighted by atomic mass is 10.1. The average Bonchev–Trinajstić information content (AvgIpc) is 2.66. The van der Waals surface area contributed by atoms with Gasteiger partial charge in [-0.25, -0.2) is 0 Å². The lowest BCUT2D eigenvalue weighted by Gasteiger charge is -2.33. The van der Waals surface area contributed by atoms with E-state index in [0.717, 1.165) is 12.1 Å². The summed E-state index contributed by atoms with van der Waals surface area (Å²) in [4.78, 5) is 0. The van der Waals surface area contributed by atoms with E-state index in [1.165, 1.54) is 12.1 Å². The van der Waals surface area contributed by atoms with Crippen molar-refractivity contribution in [2.75, 3.05) is 0 Å². The maximum Gasteiger partial charge on any atom is 0.470 e. The fraction of sp³-hybridized carbons (Fsp3) is 0.400. The molecular weight excluding hydrogens is 302 g/mol. The normalized spacial score (nSPS) is 19.3. The number of benzene rings is 1. The summed E-state index contributed by atoms with van der Waals surface area (Å²) in [6.07, 6.45) is -10.8. The zero-order chi connectivity index (χ0) is 14.5. The lowest BCUT2D eigenvalue weighted by Crippen LogP contribution is -2.63.